The van der Waals surface area contributed by atoms with E-state index in [9.17, 15) is 4.79 Å². The van der Waals surface area contributed by atoms with Gasteiger partial charge in [0, 0.05) is 0 Å². The van der Waals surface area contributed by atoms with E-state index in [1.165, 1.54) is 6.33 Å². The highest BCUT2D eigenvalue weighted by atomic mass is 16.1. The fraction of sp³-hybridized carbons (Fsp3) is 0.500. The molecular weight excluding hydrogens is 206 g/mol. The summed E-state index contributed by atoms with van der Waals surface area (Å²) < 4.78 is 1.75. The van der Waals surface area contributed by atoms with Crippen LogP contribution in [0.25, 0.3) is 11.0 Å². The van der Waals surface area contributed by atoms with Crippen LogP contribution in [0.5, 0.6) is 0 Å². The van der Waals surface area contributed by atoms with Crippen LogP contribution < -0.4 is 5.56 Å². The van der Waals surface area contributed by atoms with Crippen LogP contribution in [0.4, 0.5) is 0 Å². The molecule has 0 aliphatic rings. The molecule has 0 saturated carbocycles. The van der Waals surface area contributed by atoms with Gasteiger partial charge < -0.3 is 4.98 Å². The predicted molar refractivity (Wildman–Crippen MR) is 61.1 cm³/mol. The molecule has 0 atom stereocenters. The second-order valence-corrected chi connectivity index (χ2v) is 3.56. The molecule has 0 aliphatic carbocycles. The van der Waals surface area contributed by atoms with Crippen molar-refractivity contribution in [1.82, 2.24) is 24.6 Å². The molecule has 0 aliphatic heterocycles. The Morgan fingerprint density at radius 2 is 2.19 bits per heavy atom. The van der Waals surface area contributed by atoms with Gasteiger partial charge in [-0.2, -0.15) is 5.10 Å². The maximum absolute atomic E-state index is 11.5. The van der Waals surface area contributed by atoms with E-state index in [2.05, 4.69) is 33.8 Å². The van der Waals surface area contributed by atoms with E-state index in [1.54, 1.807) is 10.9 Å². The number of nitrogens with zero attached hydrogens (tertiary/aromatic N) is 4. The fourth-order valence-electron chi connectivity index (χ4n) is 1.62. The molecule has 0 unspecified atom stereocenters. The Morgan fingerprint density at radius 3 is 2.88 bits per heavy atom. The highest BCUT2D eigenvalue weighted by molar-refractivity contribution is 5.72. The van der Waals surface area contributed by atoms with Crippen molar-refractivity contribution < 1.29 is 0 Å². The number of aromatic nitrogens is 4. The molecule has 0 spiro atoms. The Kier molecular flexibility index (Phi) is 3.00. The minimum absolute atomic E-state index is 0.143. The predicted octanol–water partition coefficient (Wildman–Crippen LogP) is 0.419. The Balaban J connectivity index is 2.39. The molecule has 2 aromatic heterocycles. The standard InChI is InChI=1S/C10H15N5O/c1-3-14(4-2)7-15-9-8(5-13-15)10(16)12-6-11-9/h5-6H,3-4,7H2,1-2H3,(H,11,12,16). The van der Waals surface area contributed by atoms with Gasteiger partial charge in [-0.05, 0) is 13.1 Å². The number of rotatable bonds is 4. The smallest absolute Gasteiger partial charge is 0.261 e. The molecule has 0 radical (unpaired) electrons. The Hall–Kier alpha value is -1.69. The first-order valence-corrected chi connectivity index (χ1v) is 5.37. The number of H-pyrrole nitrogens is 1. The van der Waals surface area contributed by atoms with Gasteiger partial charge in [-0.1, -0.05) is 13.8 Å². The van der Waals surface area contributed by atoms with Crippen molar-refractivity contribution in [3.8, 4) is 0 Å². The third-order valence-electron chi connectivity index (χ3n) is 2.67. The maximum Gasteiger partial charge on any atom is 0.261 e. The van der Waals surface area contributed by atoms with Crippen LogP contribution in [0.2, 0.25) is 0 Å². The molecular formula is C10H15N5O. The molecule has 0 amide bonds. The summed E-state index contributed by atoms with van der Waals surface area (Å²) in [5.41, 5.74) is 0.492. The Bertz CT molecular complexity index is 525. The Morgan fingerprint density at radius 1 is 1.44 bits per heavy atom. The minimum atomic E-state index is -0.143. The second kappa shape index (κ2) is 4.44. The molecule has 2 rings (SSSR count). The van der Waals surface area contributed by atoms with Crippen LogP contribution in [0, 0.1) is 0 Å². The van der Waals surface area contributed by atoms with Gasteiger partial charge in [-0.3, -0.25) is 9.69 Å². The lowest BCUT2D eigenvalue weighted by Gasteiger charge is -2.17. The summed E-state index contributed by atoms with van der Waals surface area (Å²) in [6, 6.07) is 0. The number of nitrogens with one attached hydrogen (secondary N) is 1. The first-order valence-electron chi connectivity index (χ1n) is 5.37. The quantitative estimate of drug-likeness (QED) is 0.812. The molecule has 2 heterocycles. The summed E-state index contributed by atoms with van der Waals surface area (Å²) in [5, 5.41) is 4.72. The zero-order valence-electron chi connectivity index (χ0n) is 9.47. The second-order valence-electron chi connectivity index (χ2n) is 3.56. The van der Waals surface area contributed by atoms with Crippen LogP contribution in [0.15, 0.2) is 17.3 Å². The Labute approximate surface area is 92.9 Å². The lowest BCUT2D eigenvalue weighted by Crippen LogP contribution is -2.26. The van der Waals surface area contributed by atoms with Crippen molar-refractivity contribution in [3.63, 3.8) is 0 Å². The average molecular weight is 221 g/mol. The van der Waals surface area contributed by atoms with Gasteiger partial charge in [0.25, 0.3) is 5.56 Å². The van der Waals surface area contributed by atoms with Crippen LogP contribution in [0.3, 0.4) is 0 Å². The largest absolute Gasteiger partial charge is 0.312 e. The molecule has 6 nitrogen and oxygen atoms in total. The molecule has 86 valence electrons. The van der Waals surface area contributed by atoms with Gasteiger partial charge in [0.2, 0.25) is 0 Å². The van der Waals surface area contributed by atoms with Gasteiger partial charge in [0.15, 0.2) is 5.65 Å². The van der Waals surface area contributed by atoms with E-state index < -0.39 is 0 Å². The molecule has 2 aromatic rings. The normalized spacial score (nSPS) is 11.4. The summed E-state index contributed by atoms with van der Waals surface area (Å²) in [4.78, 5) is 20.3. The van der Waals surface area contributed by atoms with E-state index in [4.69, 9.17) is 0 Å². The van der Waals surface area contributed by atoms with Crippen LogP contribution in [-0.4, -0.2) is 37.7 Å². The van der Waals surface area contributed by atoms with Gasteiger partial charge in [-0.15, -0.1) is 0 Å². The maximum atomic E-state index is 11.5. The first-order chi connectivity index (χ1) is 7.76. The van der Waals surface area contributed by atoms with Crippen molar-refractivity contribution in [2.75, 3.05) is 13.1 Å². The molecule has 0 fully saturated rings. The van der Waals surface area contributed by atoms with Crippen molar-refractivity contribution in [1.29, 1.82) is 0 Å². The third-order valence-corrected chi connectivity index (χ3v) is 2.67. The number of hydrogen-bond donors (Lipinski definition) is 1. The molecule has 16 heavy (non-hydrogen) atoms. The summed E-state index contributed by atoms with van der Waals surface area (Å²) in [6.07, 6.45) is 2.97. The fourth-order valence-corrected chi connectivity index (χ4v) is 1.62. The molecule has 0 bridgehead atoms. The molecule has 0 saturated heterocycles. The minimum Gasteiger partial charge on any atom is -0.312 e. The van der Waals surface area contributed by atoms with E-state index in [1.807, 2.05) is 0 Å². The zero-order chi connectivity index (χ0) is 11.5. The lowest BCUT2D eigenvalue weighted by atomic mass is 10.4. The summed E-state index contributed by atoms with van der Waals surface area (Å²) in [5.74, 6) is 0. The van der Waals surface area contributed by atoms with E-state index in [0.717, 1.165) is 13.1 Å². The van der Waals surface area contributed by atoms with E-state index in [-0.39, 0.29) is 5.56 Å². The summed E-state index contributed by atoms with van der Waals surface area (Å²) >= 11 is 0. The lowest BCUT2D eigenvalue weighted by molar-refractivity contribution is 0.233. The number of fused-ring (bicyclic) bond motifs is 1. The first kappa shape index (κ1) is 10.8. The van der Waals surface area contributed by atoms with E-state index in [0.29, 0.717) is 17.7 Å². The van der Waals surface area contributed by atoms with Crippen molar-refractivity contribution in [2.45, 2.75) is 20.5 Å². The highest BCUT2D eigenvalue weighted by Gasteiger charge is 2.08. The van der Waals surface area contributed by atoms with Gasteiger partial charge in [0.1, 0.15) is 5.39 Å². The van der Waals surface area contributed by atoms with Gasteiger partial charge in [0.05, 0.1) is 19.2 Å². The average Bonchev–Trinajstić information content (AvgIpc) is 2.71. The topological polar surface area (TPSA) is 66.8 Å². The van der Waals surface area contributed by atoms with E-state index >= 15 is 0 Å². The van der Waals surface area contributed by atoms with Crippen molar-refractivity contribution >= 4 is 11.0 Å². The summed E-state index contributed by atoms with van der Waals surface area (Å²) in [6.45, 7) is 6.74. The van der Waals surface area contributed by atoms with Gasteiger partial charge in [-0.25, -0.2) is 9.67 Å². The molecule has 0 aromatic carbocycles. The van der Waals surface area contributed by atoms with Crippen LogP contribution >= 0.6 is 0 Å². The van der Waals surface area contributed by atoms with Crippen molar-refractivity contribution in [3.05, 3.63) is 22.9 Å². The van der Waals surface area contributed by atoms with Crippen LogP contribution in [0.1, 0.15) is 13.8 Å². The molecule has 1 N–H and O–H groups in total. The highest BCUT2D eigenvalue weighted by Crippen LogP contribution is 2.05. The number of hydrogen-bond acceptors (Lipinski definition) is 4. The zero-order valence-corrected chi connectivity index (χ0v) is 9.47. The monoisotopic (exact) mass is 221 g/mol. The van der Waals surface area contributed by atoms with Gasteiger partial charge >= 0.3 is 0 Å². The molecule has 6 heteroatoms. The number of aromatic amines is 1. The summed E-state index contributed by atoms with van der Waals surface area (Å²) in [7, 11) is 0. The third kappa shape index (κ3) is 1.83. The van der Waals surface area contributed by atoms with Crippen molar-refractivity contribution in [2.24, 2.45) is 0 Å². The van der Waals surface area contributed by atoms with Crippen LogP contribution in [-0.2, 0) is 6.67 Å². The SMILES string of the molecule is CCN(CC)Cn1ncc2c(=O)[nH]cnc21.